The van der Waals surface area contributed by atoms with Gasteiger partial charge in [0.1, 0.15) is 5.75 Å². The van der Waals surface area contributed by atoms with Gasteiger partial charge in [-0.2, -0.15) is 23.3 Å². The zero-order valence-electron chi connectivity index (χ0n) is 13.9. The summed E-state index contributed by atoms with van der Waals surface area (Å²) in [5.41, 5.74) is -0.486. The van der Waals surface area contributed by atoms with E-state index in [2.05, 4.69) is 25.8 Å². The molecule has 10 heteroatoms. The number of rotatable bonds is 5. The largest absolute Gasteiger partial charge is 0.497 e. The van der Waals surface area contributed by atoms with Crippen molar-refractivity contribution >= 4 is 34.7 Å². The highest BCUT2D eigenvalue weighted by Gasteiger charge is 2.34. The smallest absolute Gasteiger partial charge is 0.418 e. The van der Waals surface area contributed by atoms with Crippen LogP contribution in [0.15, 0.2) is 48.7 Å². The molecule has 2 aromatic carbocycles. The number of halogens is 4. The van der Waals surface area contributed by atoms with Crippen molar-refractivity contribution in [2.45, 2.75) is 6.18 Å². The Kier molecular flexibility index (Phi) is 5.31. The van der Waals surface area contributed by atoms with E-state index in [-0.39, 0.29) is 16.7 Å². The molecule has 0 aliphatic rings. The number of nitrogens with zero attached hydrogens (tertiary/aromatic N) is 3. The number of anilines is 4. The number of ether oxygens (including phenoxy) is 1. The van der Waals surface area contributed by atoms with Gasteiger partial charge in [0, 0.05) is 16.8 Å². The first-order valence-electron chi connectivity index (χ1n) is 7.60. The van der Waals surface area contributed by atoms with Crippen molar-refractivity contribution < 1.29 is 17.9 Å². The fourth-order valence-electron chi connectivity index (χ4n) is 2.25. The van der Waals surface area contributed by atoms with Crippen LogP contribution in [0.3, 0.4) is 0 Å². The molecular formula is C17H13ClF3N5O. The van der Waals surface area contributed by atoms with Gasteiger partial charge in [-0.3, -0.25) is 0 Å². The molecule has 6 nitrogen and oxygen atoms in total. The Morgan fingerprint density at radius 2 is 1.89 bits per heavy atom. The van der Waals surface area contributed by atoms with Crippen LogP contribution in [-0.4, -0.2) is 22.3 Å². The average Bonchev–Trinajstić information content (AvgIpc) is 2.63. The topological polar surface area (TPSA) is 72.0 Å². The Bertz CT molecular complexity index is 952. The van der Waals surface area contributed by atoms with Crippen LogP contribution in [0.5, 0.6) is 5.75 Å². The molecular weight excluding hydrogens is 383 g/mol. The summed E-state index contributed by atoms with van der Waals surface area (Å²) in [6.07, 6.45) is -3.24. The van der Waals surface area contributed by atoms with Crippen LogP contribution in [0, 0.1) is 0 Å². The van der Waals surface area contributed by atoms with E-state index in [0.717, 1.165) is 6.07 Å². The quantitative estimate of drug-likeness (QED) is 0.630. The number of alkyl halides is 3. The highest BCUT2D eigenvalue weighted by molar-refractivity contribution is 6.30. The maximum Gasteiger partial charge on any atom is 0.418 e. The zero-order valence-corrected chi connectivity index (χ0v) is 14.6. The Morgan fingerprint density at radius 3 is 2.63 bits per heavy atom. The maximum atomic E-state index is 13.2. The Morgan fingerprint density at radius 1 is 1.07 bits per heavy atom. The molecule has 0 spiro atoms. The average molecular weight is 396 g/mol. The van der Waals surface area contributed by atoms with Crippen LogP contribution in [-0.2, 0) is 6.18 Å². The van der Waals surface area contributed by atoms with E-state index in [4.69, 9.17) is 16.3 Å². The lowest BCUT2D eigenvalue weighted by molar-refractivity contribution is -0.136. The van der Waals surface area contributed by atoms with Gasteiger partial charge in [-0.15, -0.1) is 5.10 Å². The molecule has 0 bridgehead atoms. The summed E-state index contributed by atoms with van der Waals surface area (Å²) in [4.78, 5) is 4.13. The van der Waals surface area contributed by atoms with Crippen molar-refractivity contribution in [3.8, 4) is 5.75 Å². The Hall–Kier alpha value is -3.07. The standard InChI is InChI=1S/C17H13ClF3N5O/c1-27-12-4-2-3-11(8-12)23-15-9-22-26-16(25-15)24-14-6-5-10(18)7-13(14)17(19,20)21/h2-9H,1H3,(H2,23,24,25,26). The molecule has 1 aromatic heterocycles. The minimum Gasteiger partial charge on any atom is -0.497 e. The van der Waals surface area contributed by atoms with E-state index in [0.29, 0.717) is 17.3 Å². The first kappa shape index (κ1) is 18.7. The summed E-state index contributed by atoms with van der Waals surface area (Å²) in [5, 5.41) is 13.0. The van der Waals surface area contributed by atoms with Gasteiger partial charge in [0.2, 0.25) is 5.95 Å². The third-order valence-electron chi connectivity index (χ3n) is 3.43. The number of nitrogens with one attached hydrogen (secondary N) is 2. The van der Waals surface area contributed by atoms with Crippen molar-refractivity contribution in [1.82, 2.24) is 15.2 Å². The molecule has 2 N–H and O–H groups in total. The number of hydrogen-bond acceptors (Lipinski definition) is 6. The predicted octanol–water partition coefficient (Wildman–Crippen LogP) is 5.04. The number of benzene rings is 2. The second-order valence-electron chi connectivity index (χ2n) is 5.33. The fraction of sp³-hybridized carbons (Fsp3) is 0.118. The van der Waals surface area contributed by atoms with Gasteiger partial charge in [0.05, 0.1) is 24.6 Å². The second kappa shape index (κ2) is 7.67. The Balaban J connectivity index is 1.84. The summed E-state index contributed by atoms with van der Waals surface area (Å²) < 4.78 is 44.7. The molecule has 0 aliphatic carbocycles. The van der Waals surface area contributed by atoms with Gasteiger partial charge < -0.3 is 15.4 Å². The minimum atomic E-state index is -4.59. The molecule has 0 unspecified atom stereocenters. The molecule has 0 radical (unpaired) electrons. The van der Waals surface area contributed by atoms with E-state index < -0.39 is 11.7 Å². The van der Waals surface area contributed by atoms with Gasteiger partial charge >= 0.3 is 6.18 Å². The lowest BCUT2D eigenvalue weighted by Gasteiger charge is -2.14. The van der Waals surface area contributed by atoms with Crippen LogP contribution in [0.4, 0.5) is 36.3 Å². The first-order valence-corrected chi connectivity index (χ1v) is 7.97. The second-order valence-corrected chi connectivity index (χ2v) is 5.77. The summed E-state index contributed by atoms with van der Waals surface area (Å²) in [6.45, 7) is 0. The van der Waals surface area contributed by atoms with Crippen LogP contribution in [0.2, 0.25) is 5.02 Å². The number of methoxy groups -OCH3 is 1. The summed E-state index contributed by atoms with van der Waals surface area (Å²) in [6, 6.07) is 10.4. The van der Waals surface area contributed by atoms with Crippen LogP contribution in [0.1, 0.15) is 5.56 Å². The van der Waals surface area contributed by atoms with Gasteiger partial charge in [-0.05, 0) is 30.3 Å². The summed E-state index contributed by atoms with van der Waals surface area (Å²) >= 11 is 5.67. The van der Waals surface area contributed by atoms with E-state index in [9.17, 15) is 13.2 Å². The molecule has 0 fully saturated rings. The monoisotopic (exact) mass is 395 g/mol. The van der Waals surface area contributed by atoms with E-state index >= 15 is 0 Å². The summed E-state index contributed by atoms with van der Waals surface area (Å²) in [5.74, 6) is 0.829. The van der Waals surface area contributed by atoms with Crippen LogP contribution in [0.25, 0.3) is 0 Å². The van der Waals surface area contributed by atoms with Crippen LogP contribution < -0.4 is 15.4 Å². The molecule has 0 aliphatic heterocycles. The molecule has 3 rings (SSSR count). The zero-order chi connectivity index (χ0) is 19.4. The van der Waals surface area contributed by atoms with Gasteiger partial charge in [0.25, 0.3) is 0 Å². The molecule has 0 saturated heterocycles. The SMILES string of the molecule is COc1cccc(Nc2cnnc(Nc3ccc(Cl)cc3C(F)(F)F)n2)c1. The van der Waals surface area contributed by atoms with Gasteiger partial charge in [-0.25, -0.2) is 0 Å². The van der Waals surface area contributed by atoms with Crippen molar-refractivity contribution in [3.05, 3.63) is 59.2 Å². The van der Waals surface area contributed by atoms with E-state index in [1.165, 1.54) is 25.4 Å². The molecule has 140 valence electrons. The van der Waals surface area contributed by atoms with E-state index in [1.807, 2.05) is 0 Å². The normalized spacial score (nSPS) is 11.1. The highest BCUT2D eigenvalue weighted by atomic mass is 35.5. The maximum absolute atomic E-state index is 13.2. The van der Waals surface area contributed by atoms with E-state index in [1.54, 1.807) is 24.3 Å². The molecule has 0 saturated carbocycles. The highest BCUT2D eigenvalue weighted by Crippen LogP contribution is 2.37. The van der Waals surface area contributed by atoms with Crippen molar-refractivity contribution in [3.63, 3.8) is 0 Å². The summed E-state index contributed by atoms with van der Waals surface area (Å²) in [7, 11) is 1.54. The lowest BCUT2D eigenvalue weighted by atomic mass is 10.1. The van der Waals surface area contributed by atoms with Gasteiger partial charge in [0.15, 0.2) is 5.82 Å². The molecule has 0 atom stereocenters. The van der Waals surface area contributed by atoms with Gasteiger partial charge in [-0.1, -0.05) is 17.7 Å². The first-order chi connectivity index (χ1) is 12.8. The minimum absolute atomic E-state index is 0.0274. The predicted molar refractivity (Wildman–Crippen MR) is 95.8 cm³/mol. The third-order valence-corrected chi connectivity index (χ3v) is 3.67. The van der Waals surface area contributed by atoms with Crippen molar-refractivity contribution in [2.24, 2.45) is 0 Å². The molecule has 0 amide bonds. The third kappa shape index (κ3) is 4.76. The molecule has 27 heavy (non-hydrogen) atoms. The number of aromatic nitrogens is 3. The number of hydrogen-bond donors (Lipinski definition) is 2. The fourth-order valence-corrected chi connectivity index (χ4v) is 2.42. The van der Waals surface area contributed by atoms with Crippen molar-refractivity contribution in [1.29, 1.82) is 0 Å². The molecule has 3 aromatic rings. The van der Waals surface area contributed by atoms with Crippen molar-refractivity contribution in [2.75, 3.05) is 17.7 Å². The molecule has 1 heterocycles. The van der Waals surface area contributed by atoms with Crippen LogP contribution >= 0.6 is 11.6 Å². The Labute approximate surface area is 157 Å². The lowest BCUT2D eigenvalue weighted by Crippen LogP contribution is -2.10.